The highest BCUT2D eigenvalue weighted by atomic mass is 19.1. The molecule has 0 saturated carbocycles. The Hall–Kier alpha value is -1.94. The van der Waals surface area contributed by atoms with Crippen molar-refractivity contribution in [3.63, 3.8) is 0 Å². The van der Waals surface area contributed by atoms with E-state index in [9.17, 15) is 9.50 Å². The number of aliphatic hydroxyl groups is 1. The van der Waals surface area contributed by atoms with Gasteiger partial charge >= 0.3 is 0 Å². The van der Waals surface area contributed by atoms with E-state index in [4.69, 9.17) is 4.74 Å². The Kier molecular flexibility index (Phi) is 3.58. The first kappa shape index (κ1) is 12.5. The van der Waals surface area contributed by atoms with Gasteiger partial charge < -0.3 is 9.84 Å². The third-order valence-electron chi connectivity index (χ3n) is 2.71. The smallest absolute Gasteiger partial charge is 0.143 e. The molecule has 0 radical (unpaired) electrons. The van der Waals surface area contributed by atoms with Crippen molar-refractivity contribution in [1.29, 1.82) is 0 Å². The number of hydrogen-bond acceptors (Lipinski definition) is 3. The molecule has 94 valence electrons. The summed E-state index contributed by atoms with van der Waals surface area (Å²) in [6.07, 6.45) is 2.15. The van der Waals surface area contributed by atoms with Crippen LogP contribution in [0.5, 0.6) is 5.75 Å². The van der Waals surface area contributed by atoms with Crippen LogP contribution in [0.4, 0.5) is 4.39 Å². The topological polar surface area (TPSA) is 42.4 Å². The molecular formula is C14H14FNO2. The Morgan fingerprint density at radius 1 is 1.33 bits per heavy atom. The largest absolute Gasteiger partial charge is 0.495 e. The van der Waals surface area contributed by atoms with Crippen molar-refractivity contribution in [1.82, 2.24) is 4.98 Å². The Morgan fingerprint density at radius 3 is 2.78 bits per heavy atom. The monoisotopic (exact) mass is 247 g/mol. The van der Waals surface area contributed by atoms with Gasteiger partial charge in [-0.1, -0.05) is 6.07 Å². The summed E-state index contributed by atoms with van der Waals surface area (Å²) in [5.41, 5.74) is 1.83. The van der Waals surface area contributed by atoms with E-state index in [1.165, 1.54) is 25.4 Å². The minimum atomic E-state index is -0.933. The van der Waals surface area contributed by atoms with Gasteiger partial charge in [0, 0.05) is 11.8 Å². The highest BCUT2D eigenvalue weighted by Crippen LogP contribution is 2.29. The number of methoxy groups -OCH3 is 1. The van der Waals surface area contributed by atoms with Crippen LogP contribution in [0, 0.1) is 12.7 Å². The Morgan fingerprint density at radius 2 is 2.11 bits per heavy atom. The van der Waals surface area contributed by atoms with E-state index >= 15 is 0 Å². The first-order valence-electron chi connectivity index (χ1n) is 5.55. The van der Waals surface area contributed by atoms with Crippen LogP contribution in [0.1, 0.15) is 22.8 Å². The Labute approximate surface area is 105 Å². The summed E-state index contributed by atoms with van der Waals surface area (Å²) in [5, 5.41) is 10.3. The molecule has 0 amide bonds. The maximum Gasteiger partial charge on any atom is 0.143 e. The zero-order valence-corrected chi connectivity index (χ0v) is 10.2. The van der Waals surface area contributed by atoms with E-state index in [-0.39, 0.29) is 5.82 Å². The van der Waals surface area contributed by atoms with E-state index < -0.39 is 6.10 Å². The fourth-order valence-corrected chi connectivity index (χ4v) is 1.89. The van der Waals surface area contributed by atoms with Crippen molar-refractivity contribution in [2.75, 3.05) is 7.11 Å². The van der Waals surface area contributed by atoms with E-state index in [2.05, 4.69) is 4.98 Å². The SMILES string of the molecule is COc1cnccc1C(O)c1cc(C)cc(F)c1. The highest BCUT2D eigenvalue weighted by Gasteiger charge is 2.16. The number of nitrogens with zero attached hydrogens (tertiary/aromatic N) is 1. The average molecular weight is 247 g/mol. The molecular weight excluding hydrogens is 233 g/mol. The lowest BCUT2D eigenvalue weighted by molar-refractivity contribution is 0.214. The molecule has 0 aliphatic heterocycles. The zero-order chi connectivity index (χ0) is 13.1. The predicted octanol–water partition coefficient (Wildman–Crippen LogP) is 2.62. The molecule has 0 aliphatic carbocycles. The molecule has 18 heavy (non-hydrogen) atoms. The van der Waals surface area contributed by atoms with Gasteiger partial charge in [0.25, 0.3) is 0 Å². The zero-order valence-electron chi connectivity index (χ0n) is 10.2. The van der Waals surface area contributed by atoms with Crippen LogP contribution in [0.15, 0.2) is 36.7 Å². The summed E-state index contributed by atoms with van der Waals surface area (Å²) in [7, 11) is 1.50. The van der Waals surface area contributed by atoms with Crippen LogP contribution >= 0.6 is 0 Å². The lowest BCUT2D eigenvalue weighted by atomic mass is 10.00. The maximum atomic E-state index is 13.3. The number of pyridine rings is 1. The van der Waals surface area contributed by atoms with Gasteiger partial charge in [0.05, 0.1) is 13.3 Å². The van der Waals surface area contributed by atoms with E-state index in [0.717, 1.165) is 5.56 Å². The average Bonchev–Trinajstić information content (AvgIpc) is 2.36. The van der Waals surface area contributed by atoms with Gasteiger partial charge in [-0.05, 0) is 36.2 Å². The molecule has 1 N–H and O–H groups in total. The quantitative estimate of drug-likeness (QED) is 0.906. The maximum absolute atomic E-state index is 13.3. The van der Waals surface area contributed by atoms with Crippen LogP contribution in [-0.2, 0) is 0 Å². The molecule has 1 aromatic carbocycles. The number of aryl methyl sites for hydroxylation is 1. The summed E-state index contributed by atoms with van der Waals surface area (Å²) in [6.45, 7) is 1.78. The number of benzene rings is 1. The summed E-state index contributed by atoms with van der Waals surface area (Å²) in [6, 6.07) is 6.13. The van der Waals surface area contributed by atoms with Gasteiger partial charge in [-0.3, -0.25) is 4.98 Å². The molecule has 0 aliphatic rings. The van der Waals surface area contributed by atoms with Gasteiger partial charge in [0.1, 0.15) is 17.7 Å². The standard InChI is InChI=1S/C14H14FNO2/c1-9-5-10(7-11(15)6-9)14(17)12-3-4-16-8-13(12)18-2/h3-8,14,17H,1-2H3. The molecule has 1 heterocycles. The number of aliphatic hydroxyl groups excluding tert-OH is 1. The normalized spacial score (nSPS) is 12.2. The Balaban J connectivity index is 2.44. The Bertz CT molecular complexity index is 537. The summed E-state index contributed by atoms with van der Waals surface area (Å²) >= 11 is 0. The first-order valence-corrected chi connectivity index (χ1v) is 5.55. The van der Waals surface area contributed by atoms with Gasteiger partial charge in [0.2, 0.25) is 0 Å². The summed E-state index contributed by atoms with van der Waals surface area (Å²) in [4.78, 5) is 3.92. The molecule has 1 aromatic heterocycles. The summed E-state index contributed by atoms with van der Waals surface area (Å²) in [5.74, 6) is 0.115. The van der Waals surface area contributed by atoms with Gasteiger partial charge in [-0.15, -0.1) is 0 Å². The molecule has 0 saturated heterocycles. The van der Waals surface area contributed by atoms with Crippen LogP contribution in [0.3, 0.4) is 0 Å². The van der Waals surface area contributed by atoms with E-state index in [1.54, 1.807) is 25.3 Å². The van der Waals surface area contributed by atoms with Crippen molar-refractivity contribution in [3.05, 3.63) is 59.2 Å². The number of aromatic nitrogens is 1. The van der Waals surface area contributed by atoms with Gasteiger partial charge in [0.15, 0.2) is 0 Å². The summed E-state index contributed by atoms with van der Waals surface area (Å²) < 4.78 is 18.5. The minimum Gasteiger partial charge on any atom is -0.495 e. The third-order valence-corrected chi connectivity index (χ3v) is 2.71. The van der Waals surface area contributed by atoms with Crippen molar-refractivity contribution >= 4 is 0 Å². The molecule has 1 unspecified atom stereocenters. The molecule has 2 aromatic rings. The van der Waals surface area contributed by atoms with Crippen molar-refractivity contribution in [2.24, 2.45) is 0 Å². The lowest BCUT2D eigenvalue weighted by Gasteiger charge is -2.15. The van der Waals surface area contributed by atoms with Crippen LogP contribution in [-0.4, -0.2) is 17.2 Å². The predicted molar refractivity (Wildman–Crippen MR) is 66.0 cm³/mol. The first-order chi connectivity index (χ1) is 8.61. The fourth-order valence-electron chi connectivity index (χ4n) is 1.89. The van der Waals surface area contributed by atoms with Crippen LogP contribution in [0.25, 0.3) is 0 Å². The van der Waals surface area contributed by atoms with Gasteiger partial charge in [-0.25, -0.2) is 4.39 Å². The van der Waals surface area contributed by atoms with E-state index in [1.807, 2.05) is 0 Å². The molecule has 0 bridgehead atoms. The molecule has 1 atom stereocenters. The van der Waals surface area contributed by atoms with Gasteiger partial charge in [-0.2, -0.15) is 0 Å². The minimum absolute atomic E-state index is 0.364. The third kappa shape index (κ3) is 2.49. The number of ether oxygens (including phenoxy) is 1. The lowest BCUT2D eigenvalue weighted by Crippen LogP contribution is -2.03. The number of hydrogen-bond donors (Lipinski definition) is 1. The second-order valence-electron chi connectivity index (χ2n) is 4.08. The van der Waals surface area contributed by atoms with Crippen LogP contribution < -0.4 is 4.74 Å². The fraction of sp³-hybridized carbons (Fsp3) is 0.214. The molecule has 3 nitrogen and oxygen atoms in total. The van der Waals surface area contributed by atoms with Crippen LogP contribution in [0.2, 0.25) is 0 Å². The second-order valence-corrected chi connectivity index (χ2v) is 4.08. The number of halogens is 1. The van der Waals surface area contributed by atoms with Crippen molar-refractivity contribution in [3.8, 4) is 5.75 Å². The highest BCUT2D eigenvalue weighted by molar-refractivity contribution is 5.39. The number of rotatable bonds is 3. The molecule has 0 spiro atoms. The molecule has 2 rings (SSSR count). The van der Waals surface area contributed by atoms with Crippen molar-refractivity contribution in [2.45, 2.75) is 13.0 Å². The van der Waals surface area contributed by atoms with Crippen molar-refractivity contribution < 1.29 is 14.2 Å². The molecule has 0 fully saturated rings. The van der Waals surface area contributed by atoms with E-state index in [0.29, 0.717) is 16.9 Å². The second kappa shape index (κ2) is 5.14. The molecule has 4 heteroatoms.